The van der Waals surface area contributed by atoms with Gasteiger partial charge >= 0.3 is 0 Å². The highest BCUT2D eigenvalue weighted by molar-refractivity contribution is 6.31. The van der Waals surface area contributed by atoms with E-state index in [2.05, 4.69) is 0 Å². The SMILES string of the molecule is O=C(c1ccc(=O)n(Cc2ccccc2Cl)c1)N1CCC(Cc2cccc(F)c2)CC1. The first-order chi connectivity index (χ1) is 15.0. The van der Waals surface area contributed by atoms with Crippen LogP contribution >= 0.6 is 11.6 Å². The van der Waals surface area contributed by atoms with Crippen molar-refractivity contribution in [1.82, 2.24) is 9.47 Å². The molecule has 1 aliphatic rings. The number of hydrogen-bond acceptors (Lipinski definition) is 2. The van der Waals surface area contributed by atoms with Crippen molar-refractivity contribution in [1.29, 1.82) is 0 Å². The summed E-state index contributed by atoms with van der Waals surface area (Å²) in [5, 5.41) is 0.589. The molecule has 1 amide bonds. The van der Waals surface area contributed by atoms with Gasteiger partial charge in [0.05, 0.1) is 12.1 Å². The molecule has 1 aliphatic heterocycles. The van der Waals surface area contributed by atoms with Crippen LogP contribution in [-0.2, 0) is 13.0 Å². The van der Waals surface area contributed by atoms with Crippen molar-refractivity contribution in [3.05, 3.63) is 105 Å². The number of piperidine rings is 1. The van der Waals surface area contributed by atoms with Crippen molar-refractivity contribution in [2.75, 3.05) is 13.1 Å². The van der Waals surface area contributed by atoms with E-state index in [0.29, 0.717) is 36.1 Å². The number of benzene rings is 2. The smallest absolute Gasteiger partial charge is 0.255 e. The molecule has 1 aromatic heterocycles. The average Bonchev–Trinajstić information content (AvgIpc) is 2.77. The first kappa shape index (κ1) is 21.3. The number of halogens is 2. The fourth-order valence-corrected chi connectivity index (χ4v) is 4.31. The Hall–Kier alpha value is -2.92. The van der Waals surface area contributed by atoms with Gasteiger partial charge < -0.3 is 9.47 Å². The molecule has 0 atom stereocenters. The van der Waals surface area contributed by atoms with E-state index in [1.54, 1.807) is 30.5 Å². The van der Waals surface area contributed by atoms with E-state index in [1.165, 1.54) is 16.7 Å². The number of hydrogen-bond donors (Lipinski definition) is 0. The van der Waals surface area contributed by atoms with Crippen LogP contribution in [0.4, 0.5) is 4.39 Å². The quantitative estimate of drug-likeness (QED) is 0.575. The summed E-state index contributed by atoms with van der Waals surface area (Å²) >= 11 is 6.22. The molecular weight excluding hydrogens is 415 g/mol. The van der Waals surface area contributed by atoms with Crippen molar-refractivity contribution in [2.45, 2.75) is 25.8 Å². The standard InChI is InChI=1S/C25H24ClFN2O2/c26-23-7-2-1-5-20(23)16-29-17-21(8-9-24(29)30)25(31)28-12-10-18(11-13-28)14-19-4-3-6-22(27)15-19/h1-9,15,17-18H,10-14,16H2. The van der Waals surface area contributed by atoms with Gasteiger partial charge in [-0.3, -0.25) is 9.59 Å². The Morgan fingerprint density at radius 3 is 2.55 bits per heavy atom. The van der Waals surface area contributed by atoms with E-state index in [-0.39, 0.29) is 17.3 Å². The average molecular weight is 439 g/mol. The highest BCUT2D eigenvalue weighted by Crippen LogP contribution is 2.23. The second kappa shape index (κ2) is 9.48. The first-order valence-electron chi connectivity index (χ1n) is 10.5. The summed E-state index contributed by atoms with van der Waals surface area (Å²) in [4.78, 5) is 27.2. The Morgan fingerprint density at radius 1 is 1.03 bits per heavy atom. The van der Waals surface area contributed by atoms with E-state index in [0.717, 1.165) is 30.4 Å². The number of likely N-dealkylation sites (tertiary alicyclic amines) is 1. The van der Waals surface area contributed by atoms with Crippen molar-refractivity contribution in [3.8, 4) is 0 Å². The summed E-state index contributed by atoms with van der Waals surface area (Å²) in [6.07, 6.45) is 4.19. The summed E-state index contributed by atoms with van der Waals surface area (Å²) in [6.45, 7) is 1.63. The van der Waals surface area contributed by atoms with Crippen LogP contribution in [-0.4, -0.2) is 28.5 Å². The monoisotopic (exact) mass is 438 g/mol. The summed E-state index contributed by atoms with van der Waals surface area (Å²) < 4.78 is 14.9. The highest BCUT2D eigenvalue weighted by atomic mass is 35.5. The molecule has 4 nitrogen and oxygen atoms in total. The molecule has 1 saturated heterocycles. The molecule has 0 bridgehead atoms. The highest BCUT2D eigenvalue weighted by Gasteiger charge is 2.24. The zero-order chi connectivity index (χ0) is 21.8. The Balaban J connectivity index is 1.41. The van der Waals surface area contributed by atoms with Crippen molar-refractivity contribution >= 4 is 17.5 Å². The Labute approximate surface area is 185 Å². The van der Waals surface area contributed by atoms with Gasteiger partial charge in [-0.2, -0.15) is 0 Å². The molecule has 1 fully saturated rings. The Kier molecular flexibility index (Phi) is 6.52. The van der Waals surface area contributed by atoms with E-state index < -0.39 is 0 Å². The van der Waals surface area contributed by atoms with Gasteiger partial charge in [-0.15, -0.1) is 0 Å². The van der Waals surface area contributed by atoms with Gasteiger partial charge in [0, 0.05) is 30.4 Å². The fourth-order valence-electron chi connectivity index (χ4n) is 4.11. The predicted molar refractivity (Wildman–Crippen MR) is 120 cm³/mol. The molecule has 160 valence electrons. The van der Waals surface area contributed by atoms with Crippen LogP contribution in [0.3, 0.4) is 0 Å². The lowest BCUT2D eigenvalue weighted by atomic mass is 9.90. The third-order valence-electron chi connectivity index (χ3n) is 5.84. The minimum atomic E-state index is -0.211. The van der Waals surface area contributed by atoms with Crippen molar-refractivity contribution in [3.63, 3.8) is 0 Å². The summed E-state index contributed by atoms with van der Waals surface area (Å²) in [6, 6.07) is 17.1. The predicted octanol–water partition coefficient (Wildman–Crippen LogP) is 4.78. The Bertz CT molecular complexity index is 1140. The molecule has 0 unspecified atom stereocenters. The molecule has 0 N–H and O–H groups in total. The summed E-state index contributed by atoms with van der Waals surface area (Å²) in [5.41, 5.74) is 2.14. The molecule has 0 radical (unpaired) electrons. The Morgan fingerprint density at radius 2 is 1.81 bits per heavy atom. The number of carbonyl (C=O) groups excluding carboxylic acids is 1. The van der Waals surface area contributed by atoms with Crippen LogP contribution in [0.1, 0.15) is 34.3 Å². The van der Waals surface area contributed by atoms with Crippen molar-refractivity contribution in [2.24, 2.45) is 5.92 Å². The molecular formula is C25H24ClFN2O2. The minimum absolute atomic E-state index is 0.0721. The van der Waals surface area contributed by atoms with Gasteiger partial charge in [0.25, 0.3) is 11.5 Å². The van der Waals surface area contributed by atoms with Gasteiger partial charge in [-0.1, -0.05) is 41.9 Å². The zero-order valence-electron chi connectivity index (χ0n) is 17.1. The molecule has 2 aromatic carbocycles. The van der Waals surface area contributed by atoms with Gasteiger partial charge in [0.2, 0.25) is 0 Å². The second-order valence-corrected chi connectivity index (χ2v) is 8.45. The van der Waals surface area contributed by atoms with Gasteiger partial charge in [-0.25, -0.2) is 4.39 Å². The number of carbonyl (C=O) groups is 1. The summed E-state index contributed by atoms with van der Waals surface area (Å²) in [7, 11) is 0. The fraction of sp³-hybridized carbons (Fsp3) is 0.280. The van der Waals surface area contributed by atoms with Crippen LogP contribution in [0.5, 0.6) is 0 Å². The normalized spacial score (nSPS) is 14.6. The van der Waals surface area contributed by atoms with Crippen LogP contribution in [0, 0.1) is 11.7 Å². The van der Waals surface area contributed by atoms with Crippen molar-refractivity contribution < 1.29 is 9.18 Å². The van der Waals surface area contributed by atoms with Crippen LogP contribution in [0.15, 0.2) is 71.7 Å². The second-order valence-electron chi connectivity index (χ2n) is 8.04. The lowest BCUT2D eigenvalue weighted by Gasteiger charge is -2.32. The topological polar surface area (TPSA) is 42.3 Å². The molecule has 2 heterocycles. The maximum Gasteiger partial charge on any atom is 0.255 e. The molecule has 4 rings (SSSR count). The van der Waals surface area contributed by atoms with E-state index >= 15 is 0 Å². The number of amides is 1. The van der Waals surface area contributed by atoms with Crippen LogP contribution in [0.25, 0.3) is 0 Å². The molecule has 0 aliphatic carbocycles. The zero-order valence-corrected chi connectivity index (χ0v) is 17.9. The third kappa shape index (κ3) is 5.23. The van der Waals surface area contributed by atoms with Crippen LogP contribution < -0.4 is 5.56 Å². The van der Waals surface area contributed by atoms with Gasteiger partial charge in [0.1, 0.15) is 5.82 Å². The maximum atomic E-state index is 13.4. The lowest BCUT2D eigenvalue weighted by Crippen LogP contribution is -2.39. The lowest BCUT2D eigenvalue weighted by molar-refractivity contribution is 0.0689. The first-order valence-corrected chi connectivity index (χ1v) is 10.8. The number of rotatable bonds is 5. The largest absolute Gasteiger partial charge is 0.339 e. The van der Waals surface area contributed by atoms with Crippen LogP contribution in [0.2, 0.25) is 5.02 Å². The third-order valence-corrected chi connectivity index (χ3v) is 6.21. The molecule has 3 aromatic rings. The molecule has 0 spiro atoms. The van der Waals surface area contributed by atoms with E-state index in [4.69, 9.17) is 11.6 Å². The van der Waals surface area contributed by atoms with E-state index in [9.17, 15) is 14.0 Å². The summed E-state index contributed by atoms with van der Waals surface area (Å²) in [5.74, 6) is 0.147. The minimum Gasteiger partial charge on any atom is -0.339 e. The number of aromatic nitrogens is 1. The molecule has 31 heavy (non-hydrogen) atoms. The van der Waals surface area contributed by atoms with Gasteiger partial charge in [0.15, 0.2) is 0 Å². The number of pyridine rings is 1. The van der Waals surface area contributed by atoms with E-state index in [1.807, 2.05) is 29.2 Å². The molecule has 6 heteroatoms. The number of nitrogens with zero attached hydrogens (tertiary/aromatic N) is 2. The maximum absolute atomic E-state index is 13.4. The molecule has 0 saturated carbocycles. The van der Waals surface area contributed by atoms with Gasteiger partial charge in [-0.05, 0) is 60.6 Å².